The Morgan fingerprint density at radius 1 is 1.57 bits per heavy atom. The molecule has 1 aromatic heterocycles. The standard InChI is InChI=1S/C10H11N3O/c14-9(6-10-12-4-5-13-10)8-2-1-3-11-7-8/h1-3,7H,4-6H2,(H,12,13). The summed E-state index contributed by atoms with van der Waals surface area (Å²) in [5.74, 6) is 0.852. The lowest BCUT2D eigenvalue weighted by molar-refractivity contribution is 0.0999. The molecule has 0 spiro atoms. The highest BCUT2D eigenvalue weighted by atomic mass is 16.1. The monoisotopic (exact) mass is 189 g/mol. The number of carbonyl (C=O) groups is 1. The molecule has 1 N–H and O–H groups in total. The van der Waals surface area contributed by atoms with Gasteiger partial charge in [0.25, 0.3) is 0 Å². The minimum Gasteiger partial charge on any atom is -0.372 e. The third kappa shape index (κ3) is 1.96. The molecule has 0 unspecified atom stereocenters. The van der Waals surface area contributed by atoms with Crippen LogP contribution >= 0.6 is 0 Å². The highest BCUT2D eigenvalue weighted by Crippen LogP contribution is 2.02. The summed E-state index contributed by atoms with van der Waals surface area (Å²) in [7, 11) is 0. The van der Waals surface area contributed by atoms with Crippen LogP contribution in [0.5, 0.6) is 0 Å². The van der Waals surface area contributed by atoms with Crippen LogP contribution in [-0.4, -0.2) is 29.7 Å². The van der Waals surface area contributed by atoms with E-state index in [1.807, 2.05) is 0 Å². The lowest BCUT2D eigenvalue weighted by Gasteiger charge is -2.00. The van der Waals surface area contributed by atoms with Crippen LogP contribution in [0.4, 0.5) is 0 Å². The molecule has 1 aliphatic rings. The van der Waals surface area contributed by atoms with Crippen molar-refractivity contribution in [2.45, 2.75) is 6.42 Å². The summed E-state index contributed by atoms with van der Waals surface area (Å²) in [5, 5.41) is 3.07. The maximum atomic E-state index is 11.6. The summed E-state index contributed by atoms with van der Waals surface area (Å²) in [6.07, 6.45) is 3.59. The molecule has 72 valence electrons. The molecule has 0 amide bonds. The first kappa shape index (κ1) is 8.87. The van der Waals surface area contributed by atoms with E-state index >= 15 is 0 Å². The Hall–Kier alpha value is -1.71. The second kappa shape index (κ2) is 4.00. The number of nitrogens with one attached hydrogen (secondary N) is 1. The highest BCUT2D eigenvalue weighted by Gasteiger charge is 2.12. The van der Waals surface area contributed by atoms with Crippen LogP contribution < -0.4 is 5.32 Å². The van der Waals surface area contributed by atoms with Crippen LogP contribution in [-0.2, 0) is 0 Å². The van der Waals surface area contributed by atoms with Gasteiger partial charge in [0.1, 0.15) is 5.84 Å². The minimum atomic E-state index is 0.0613. The van der Waals surface area contributed by atoms with Gasteiger partial charge in [-0.3, -0.25) is 14.8 Å². The normalized spacial score (nSPS) is 14.7. The van der Waals surface area contributed by atoms with Gasteiger partial charge in [0, 0.05) is 24.5 Å². The van der Waals surface area contributed by atoms with E-state index in [0.717, 1.165) is 18.9 Å². The van der Waals surface area contributed by atoms with Crippen molar-refractivity contribution >= 4 is 11.6 Å². The average molecular weight is 189 g/mol. The smallest absolute Gasteiger partial charge is 0.171 e. The Labute approximate surface area is 82.1 Å². The Kier molecular flexibility index (Phi) is 2.53. The van der Waals surface area contributed by atoms with Crippen molar-refractivity contribution in [1.29, 1.82) is 0 Å². The van der Waals surface area contributed by atoms with Crippen molar-refractivity contribution in [1.82, 2.24) is 10.3 Å². The topological polar surface area (TPSA) is 54.4 Å². The van der Waals surface area contributed by atoms with Crippen molar-refractivity contribution in [3.05, 3.63) is 30.1 Å². The van der Waals surface area contributed by atoms with Crippen LogP contribution in [0, 0.1) is 0 Å². The zero-order valence-electron chi connectivity index (χ0n) is 7.73. The van der Waals surface area contributed by atoms with E-state index in [-0.39, 0.29) is 5.78 Å². The lowest BCUT2D eigenvalue weighted by atomic mass is 10.1. The summed E-state index contributed by atoms with van der Waals surface area (Å²) in [5.41, 5.74) is 0.643. The van der Waals surface area contributed by atoms with Crippen LogP contribution in [0.2, 0.25) is 0 Å². The summed E-state index contributed by atoms with van der Waals surface area (Å²) >= 11 is 0. The Balaban J connectivity index is 2.03. The predicted molar refractivity (Wildman–Crippen MR) is 53.5 cm³/mol. The number of nitrogens with zero attached hydrogens (tertiary/aromatic N) is 2. The second-order valence-corrected chi connectivity index (χ2v) is 3.10. The molecule has 0 atom stereocenters. The third-order valence-corrected chi connectivity index (χ3v) is 2.06. The van der Waals surface area contributed by atoms with Gasteiger partial charge in [-0.2, -0.15) is 0 Å². The third-order valence-electron chi connectivity index (χ3n) is 2.06. The highest BCUT2D eigenvalue weighted by molar-refractivity contribution is 6.09. The first-order chi connectivity index (χ1) is 6.86. The molecule has 0 bridgehead atoms. The average Bonchev–Trinajstić information content (AvgIpc) is 2.72. The largest absolute Gasteiger partial charge is 0.372 e. The first-order valence-electron chi connectivity index (χ1n) is 4.57. The molecular weight excluding hydrogens is 178 g/mol. The van der Waals surface area contributed by atoms with Crippen LogP contribution in [0.1, 0.15) is 16.8 Å². The fraction of sp³-hybridized carbons (Fsp3) is 0.300. The quantitative estimate of drug-likeness (QED) is 0.710. The van der Waals surface area contributed by atoms with Gasteiger partial charge in [0.05, 0.1) is 13.0 Å². The zero-order valence-corrected chi connectivity index (χ0v) is 7.73. The molecule has 1 aromatic rings. The van der Waals surface area contributed by atoms with E-state index in [2.05, 4.69) is 15.3 Å². The second-order valence-electron chi connectivity index (χ2n) is 3.10. The SMILES string of the molecule is O=C(CC1=NCCN1)c1cccnc1. The molecule has 4 nitrogen and oxygen atoms in total. The van der Waals surface area contributed by atoms with Gasteiger partial charge < -0.3 is 5.32 Å². The number of Topliss-reactive ketones (excluding diaryl/α,β-unsaturated/α-hetero) is 1. The van der Waals surface area contributed by atoms with E-state index in [9.17, 15) is 4.79 Å². The Morgan fingerprint density at radius 3 is 3.14 bits per heavy atom. The fourth-order valence-corrected chi connectivity index (χ4v) is 1.35. The maximum Gasteiger partial charge on any atom is 0.171 e. The van der Waals surface area contributed by atoms with E-state index < -0.39 is 0 Å². The van der Waals surface area contributed by atoms with Crippen molar-refractivity contribution in [2.75, 3.05) is 13.1 Å². The summed E-state index contributed by atoms with van der Waals surface area (Å²) < 4.78 is 0. The fourth-order valence-electron chi connectivity index (χ4n) is 1.35. The number of amidine groups is 1. The van der Waals surface area contributed by atoms with Crippen LogP contribution in [0.3, 0.4) is 0 Å². The molecule has 4 heteroatoms. The van der Waals surface area contributed by atoms with Gasteiger partial charge in [0.2, 0.25) is 0 Å². The summed E-state index contributed by atoms with van der Waals surface area (Å²) in [6.45, 7) is 1.62. The minimum absolute atomic E-state index is 0.0613. The summed E-state index contributed by atoms with van der Waals surface area (Å²) in [4.78, 5) is 19.7. The number of hydrogen-bond acceptors (Lipinski definition) is 4. The number of rotatable bonds is 3. The predicted octanol–water partition coefficient (Wildman–Crippen LogP) is 0.656. The molecule has 2 heterocycles. The Morgan fingerprint density at radius 2 is 2.50 bits per heavy atom. The van der Waals surface area contributed by atoms with Crippen LogP contribution in [0.25, 0.3) is 0 Å². The van der Waals surface area contributed by atoms with Gasteiger partial charge >= 0.3 is 0 Å². The molecule has 2 rings (SSSR count). The number of ketones is 1. The molecule has 0 saturated heterocycles. The molecule has 1 aliphatic heterocycles. The summed E-state index contributed by atoms with van der Waals surface area (Å²) in [6, 6.07) is 3.53. The number of pyridine rings is 1. The maximum absolute atomic E-state index is 11.6. The van der Waals surface area contributed by atoms with Crippen molar-refractivity contribution in [3.8, 4) is 0 Å². The van der Waals surface area contributed by atoms with Gasteiger partial charge in [-0.05, 0) is 12.1 Å². The number of aromatic nitrogens is 1. The number of hydrogen-bond donors (Lipinski definition) is 1. The molecule has 0 aromatic carbocycles. The van der Waals surface area contributed by atoms with E-state index in [4.69, 9.17) is 0 Å². The van der Waals surface area contributed by atoms with Crippen LogP contribution in [0.15, 0.2) is 29.5 Å². The molecular formula is C10H11N3O. The molecule has 0 radical (unpaired) electrons. The zero-order chi connectivity index (χ0) is 9.80. The van der Waals surface area contributed by atoms with Crippen molar-refractivity contribution in [3.63, 3.8) is 0 Å². The number of aliphatic imine (C=N–C) groups is 1. The van der Waals surface area contributed by atoms with Crippen molar-refractivity contribution < 1.29 is 4.79 Å². The van der Waals surface area contributed by atoms with Gasteiger partial charge in [-0.1, -0.05) is 0 Å². The Bertz CT molecular complexity index is 359. The molecule has 0 aliphatic carbocycles. The van der Waals surface area contributed by atoms with E-state index in [1.54, 1.807) is 24.5 Å². The number of carbonyl (C=O) groups excluding carboxylic acids is 1. The van der Waals surface area contributed by atoms with E-state index in [0.29, 0.717) is 12.0 Å². The molecule has 14 heavy (non-hydrogen) atoms. The lowest BCUT2D eigenvalue weighted by Crippen LogP contribution is -2.21. The van der Waals surface area contributed by atoms with Gasteiger partial charge in [0.15, 0.2) is 5.78 Å². The van der Waals surface area contributed by atoms with E-state index in [1.165, 1.54) is 0 Å². The van der Waals surface area contributed by atoms with Crippen molar-refractivity contribution in [2.24, 2.45) is 4.99 Å². The molecule has 0 saturated carbocycles. The molecule has 0 fully saturated rings. The van der Waals surface area contributed by atoms with Gasteiger partial charge in [-0.25, -0.2) is 0 Å². The van der Waals surface area contributed by atoms with Gasteiger partial charge in [-0.15, -0.1) is 0 Å². The first-order valence-corrected chi connectivity index (χ1v) is 4.57.